The van der Waals surface area contributed by atoms with Crippen LogP contribution in [0.3, 0.4) is 0 Å². The van der Waals surface area contributed by atoms with Gasteiger partial charge in [-0.05, 0) is 18.6 Å². The van der Waals surface area contributed by atoms with E-state index in [2.05, 4.69) is 9.71 Å². The van der Waals surface area contributed by atoms with E-state index in [1.54, 1.807) is 35.1 Å². The molecule has 17 heavy (non-hydrogen) atoms. The van der Waals surface area contributed by atoms with E-state index < -0.39 is 10.0 Å². The highest BCUT2D eigenvalue weighted by Gasteiger charge is 2.09. The molecular formula is C11H15N3O2S. The van der Waals surface area contributed by atoms with Crippen LogP contribution in [-0.2, 0) is 10.0 Å². The van der Waals surface area contributed by atoms with Crippen molar-refractivity contribution >= 4 is 21.4 Å². The molecule has 0 unspecified atom stereocenters. The number of aromatic nitrogens is 2. The molecule has 2 rings (SSSR count). The van der Waals surface area contributed by atoms with Gasteiger partial charge < -0.3 is 4.40 Å². The maximum Gasteiger partial charge on any atom is 0.232 e. The molecule has 0 amide bonds. The Labute approximate surface area is 101 Å². The Balaban J connectivity index is 2.17. The van der Waals surface area contributed by atoms with E-state index in [0.29, 0.717) is 12.1 Å². The highest BCUT2D eigenvalue weighted by Crippen LogP contribution is 2.12. The Bertz CT molecular complexity index is 604. The first kappa shape index (κ1) is 11.9. The van der Waals surface area contributed by atoms with E-state index in [1.165, 1.54) is 0 Å². The summed E-state index contributed by atoms with van der Waals surface area (Å²) in [6.45, 7) is 1.97. The average Bonchev–Trinajstić information content (AvgIpc) is 2.73. The SMILES string of the molecule is CCCCS(=O)(=O)Nc1ccc2nccn2c1. The summed E-state index contributed by atoms with van der Waals surface area (Å²) >= 11 is 0. The smallest absolute Gasteiger partial charge is 0.232 e. The standard InChI is InChI=1S/C11H15N3O2S/c1-2-3-8-17(15,16)13-10-4-5-11-12-6-7-14(11)9-10/h4-7,9,13H,2-3,8H2,1H3. The van der Waals surface area contributed by atoms with Crippen LogP contribution in [0.1, 0.15) is 19.8 Å². The lowest BCUT2D eigenvalue weighted by atomic mass is 10.4. The van der Waals surface area contributed by atoms with Gasteiger partial charge in [0.25, 0.3) is 0 Å². The Morgan fingerprint density at radius 2 is 2.24 bits per heavy atom. The molecule has 0 fully saturated rings. The number of fused-ring (bicyclic) bond motifs is 1. The molecule has 0 aromatic carbocycles. The second-order valence-electron chi connectivity index (χ2n) is 3.88. The van der Waals surface area contributed by atoms with Crippen molar-refractivity contribution in [3.8, 4) is 0 Å². The maximum atomic E-state index is 11.7. The average molecular weight is 253 g/mol. The fourth-order valence-corrected chi connectivity index (χ4v) is 2.80. The number of nitrogens with one attached hydrogen (secondary N) is 1. The van der Waals surface area contributed by atoms with Gasteiger partial charge >= 0.3 is 0 Å². The number of hydrogen-bond acceptors (Lipinski definition) is 3. The van der Waals surface area contributed by atoms with Crippen molar-refractivity contribution in [2.75, 3.05) is 10.5 Å². The second-order valence-corrected chi connectivity index (χ2v) is 5.73. The summed E-state index contributed by atoms with van der Waals surface area (Å²) in [5, 5.41) is 0. The highest BCUT2D eigenvalue weighted by atomic mass is 32.2. The van der Waals surface area contributed by atoms with Gasteiger partial charge in [0, 0.05) is 18.6 Å². The first-order chi connectivity index (χ1) is 8.11. The molecule has 1 N–H and O–H groups in total. The van der Waals surface area contributed by atoms with Crippen LogP contribution in [0.25, 0.3) is 5.65 Å². The largest absolute Gasteiger partial charge is 0.305 e. The maximum absolute atomic E-state index is 11.7. The van der Waals surface area contributed by atoms with Crippen LogP contribution in [0, 0.1) is 0 Å². The molecule has 0 radical (unpaired) electrons. The zero-order chi connectivity index (χ0) is 12.3. The lowest BCUT2D eigenvalue weighted by Gasteiger charge is -2.07. The fraction of sp³-hybridized carbons (Fsp3) is 0.364. The predicted molar refractivity (Wildman–Crippen MR) is 67.5 cm³/mol. The van der Waals surface area contributed by atoms with Gasteiger partial charge in [-0.3, -0.25) is 4.72 Å². The predicted octanol–water partition coefficient (Wildman–Crippen LogP) is 1.88. The van der Waals surface area contributed by atoms with E-state index in [0.717, 1.165) is 12.1 Å². The third-order valence-corrected chi connectivity index (χ3v) is 3.80. The molecule has 0 aliphatic heterocycles. The number of imidazole rings is 1. The molecule has 0 spiro atoms. The van der Waals surface area contributed by atoms with E-state index in [-0.39, 0.29) is 5.75 Å². The quantitative estimate of drug-likeness (QED) is 0.884. The van der Waals surface area contributed by atoms with Gasteiger partial charge in [-0.1, -0.05) is 13.3 Å². The second kappa shape index (κ2) is 4.75. The summed E-state index contributed by atoms with van der Waals surface area (Å²) in [5.41, 5.74) is 1.35. The van der Waals surface area contributed by atoms with E-state index in [1.807, 2.05) is 6.92 Å². The Morgan fingerprint density at radius 3 is 3.00 bits per heavy atom. The van der Waals surface area contributed by atoms with Gasteiger partial charge in [0.1, 0.15) is 5.65 Å². The summed E-state index contributed by atoms with van der Waals surface area (Å²) in [6.07, 6.45) is 6.69. The number of hydrogen-bond donors (Lipinski definition) is 1. The summed E-state index contributed by atoms with van der Waals surface area (Å²) in [4.78, 5) is 4.09. The fourth-order valence-electron chi connectivity index (χ4n) is 1.55. The van der Waals surface area contributed by atoms with Crippen LogP contribution in [-0.4, -0.2) is 23.6 Å². The lowest BCUT2D eigenvalue weighted by molar-refractivity contribution is 0.598. The monoisotopic (exact) mass is 253 g/mol. The molecule has 0 bridgehead atoms. The van der Waals surface area contributed by atoms with Crippen molar-refractivity contribution in [2.45, 2.75) is 19.8 Å². The van der Waals surface area contributed by atoms with Crippen molar-refractivity contribution in [1.82, 2.24) is 9.38 Å². The molecule has 6 heteroatoms. The first-order valence-electron chi connectivity index (χ1n) is 5.54. The molecule has 5 nitrogen and oxygen atoms in total. The first-order valence-corrected chi connectivity index (χ1v) is 7.19. The lowest BCUT2D eigenvalue weighted by Crippen LogP contribution is -2.16. The highest BCUT2D eigenvalue weighted by molar-refractivity contribution is 7.92. The van der Waals surface area contributed by atoms with Crippen LogP contribution in [0.4, 0.5) is 5.69 Å². The molecule has 2 aromatic heterocycles. The van der Waals surface area contributed by atoms with Crippen LogP contribution < -0.4 is 4.72 Å². The third-order valence-electron chi connectivity index (χ3n) is 2.43. The van der Waals surface area contributed by atoms with E-state index >= 15 is 0 Å². The molecule has 2 aromatic rings. The van der Waals surface area contributed by atoms with Crippen molar-refractivity contribution < 1.29 is 8.42 Å². The number of rotatable bonds is 5. The zero-order valence-electron chi connectivity index (χ0n) is 9.63. The Hall–Kier alpha value is -1.56. The van der Waals surface area contributed by atoms with Crippen molar-refractivity contribution in [3.63, 3.8) is 0 Å². The van der Waals surface area contributed by atoms with Gasteiger partial charge in [-0.2, -0.15) is 0 Å². The summed E-state index contributed by atoms with van der Waals surface area (Å²) in [6, 6.07) is 3.49. The minimum absolute atomic E-state index is 0.158. The summed E-state index contributed by atoms with van der Waals surface area (Å²) in [5.74, 6) is 0.158. The van der Waals surface area contributed by atoms with Crippen molar-refractivity contribution in [1.29, 1.82) is 0 Å². The van der Waals surface area contributed by atoms with Crippen molar-refractivity contribution in [2.24, 2.45) is 0 Å². The minimum atomic E-state index is -3.23. The van der Waals surface area contributed by atoms with Crippen LogP contribution in [0.2, 0.25) is 0 Å². The van der Waals surface area contributed by atoms with Gasteiger partial charge in [-0.15, -0.1) is 0 Å². The molecule has 0 aliphatic rings. The molecule has 0 saturated heterocycles. The number of sulfonamides is 1. The number of anilines is 1. The molecule has 0 atom stereocenters. The van der Waals surface area contributed by atoms with E-state index in [4.69, 9.17) is 0 Å². The Morgan fingerprint density at radius 1 is 1.41 bits per heavy atom. The normalized spacial score (nSPS) is 11.8. The molecule has 0 aliphatic carbocycles. The molecule has 92 valence electrons. The van der Waals surface area contributed by atoms with Crippen molar-refractivity contribution in [3.05, 3.63) is 30.7 Å². The van der Waals surface area contributed by atoms with Gasteiger partial charge in [0.2, 0.25) is 10.0 Å². The van der Waals surface area contributed by atoms with Gasteiger partial charge in [-0.25, -0.2) is 13.4 Å². The number of unbranched alkanes of at least 4 members (excludes halogenated alkanes) is 1. The number of nitrogens with zero attached hydrogens (tertiary/aromatic N) is 2. The molecule has 2 heterocycles. The Kier molecular flexibility index (Phi) is 3.33. The van der Waals surface area contributed by atoms with Crippen LogP contribution in [0.15, 0.2) is 30.7 Å². The van der Waals surface area contributed by atoms with E-state index in [9.17, 15) is 8.42 Å². The van der Waals surface area contributed by atoms with Gasteiger partial charge in [0.05, 0.1) is 11.4 Å². The topological polar surface area (TPSA) is 63.5 Å². The third kappa shape index (κ3) is 2.97. The number of pyridine rings is 1. The summed E-state index contributed by atoms with van der Waals surface area (Å²) in [7, 11) is -3.23. The van der Waals surface area contributed by atoms with Crippen LogP contribution in [0.5, 0.6) is 0 Å². The van der Waals surface area contributed by atoms with Gasteiger partial charge in [0.15, 0.2) is 0 Å². The molecular weight excluding hydrogens is 238 g/mol. The molecule has 0 saturated carbocycles. The van der Waals surface area contributed by atoms with Crippen LogP contribution >= 0.6 is 0 Å². The minimum Gasteiger partial charge on any atom is -0.305 e. The summed E-state index contributed by atoms with van der Waals surface area (Å²) < 4.78 is 27.7. The zero-order valence-corrected chi connectivity index (χ0v) is 10.4.